The minimum absolute atomic E-state index is 0.00459. The van der Waals surface area contributed by atoms with Crippen molar-refractivity contribution in [2.45, 2.75) is 46.1 Å². The number of benzene rings is 1. The molecule has 8 heteroatoms. The number of carbonyl (C=O) groups excluding carboxylic acids is 4. The van der Waals surface area contributed by atoms with Gasteiger partial charge < -0.3 is 10.6 Å². The summed E-state index contributed by atoms with van der Waals surface area (Å²) in [6.45, 7) is 6.72. The van der Waals surface area contributed by atoms with Gasteiger partial charge in [0.25, 0.3) is 11.8 Å². The summed E-state index contributed by atoms with van der Waals surface area (Å²) in [4.78, 5) is 50.1. The molecule has 0 spiro atoms. The highest BCUT2D eigenvalue weighted by atomic mass is 16.2. The Morgan fingerprint density at radius 3 is 2.64 bits per heavy atom. The van der Waals surface area contributed by atoms with Gasteiger partial charge in [-0.15, -0.1) is 0 Å². The number of carbonyl (C=O) groups is 3. The first kappa shape index (κ1) is 19.8. The van der Waals surface area contributed by atoms with Crippen LogP contribution in [0.2, 0.25) is 0 Å². The lowest BCUT2D eigenvalue weighted by Gasteiger charge is -2.46. The van der Waals surface area contributed by atoms with E-state index in [0.717, 1.165) is 12.8 Å². The average molecular weight is 384 g/mol. The van der Waals surface area contributed by atoms with E-state index < -0.39 is 11.8 Å². The number of amides is 4. The highest BCUT2D eigenvalue weighted by molar-refractivity contribution is 6.22. The number of hydrogen-bond acceptors (Lipinski definition) is 5. The van der Waals surface area contributed by atoms with Crippen molar-refractivity contribution in [2.75, 3.05) is 11.9 Å². The van der Waals surface area contributed by atoms with Gasteiger partial charge in [-0.25, -0.2) is 14.6 Å². The highest BCUT2D eigenvalue weighted by Crippen LogP contribution is 2.46. The lowest BCUT2D eigenvalue weighted by Crippen LogP contribution is -2.48. The van der Waals surface area contributed by atoms with Gasteiger partial charge >= 0.3 is 6.03 Å². The summed E-state index contributed by atoms with van der Waals surface area (Å²) < 4.78 is 0. The summed E-state index contributed by atoms with van der Waals surface area (Å²) in [5, 5.41) is 7.93. The summed E-state index contributed by atoms with van der Waals surface area (Å²) in [5.41, 5.74) is 0.792. The number of urea groups is 1. The van der Waals surface area contributed by atoms with Crippen LogP contribution in [0, 0.1) is 10.8 Å². The molecule has 1 aromatic rings. The van der Waals surface area contributed by atoms with Crippen molar-refractivity contribution < 1.29 is 19.2 Å². The Bertz CT molecular complexity index is 888. The zero-order chi connectivity index (χ0) is 20.5. The van der Waals surface area contributed by atoms with Crippen LogP contribution in [0.15, 0.2) is 23.2 Å². The standard InChI is InChI=1S/C20H24N4O4/c1-19(2)7-13(8-20(3,9-19)10-21-11-25)23-18(28)22-12-4-5-14-15(6-12)17(27)24-16(14)26/h4-6,13H,7-10H2,1-3H3,(H2,22,23,28)(H,24,26,27). The number of isocyanates is 1. The molecule has 0 radical (unpaired) electrons. The lowest BCUT2D eigenvalue weighted by molar-refractivity contribution is 0.0814. The van der Waals surface area contributed by atoms with E-state index in [1.165, 1.54) is 12.1 Å². The van der Waals surface area contributed by atoms with Gasteiger partial charge in [-0.3, -0.25) is 14.9 Å². The van der Waals surface area contributed by atoms with Crippen molar-refractivity contribution in [1.82, 2.24) is 10.6 Å². The van der Waals surface area contributed by atoms with Crippen LogP contribution in [0.4, 0.5) is 10.5 Å². The van der Waals surface area contributed by atoms with Gasteiger partial charge in [0.15, 0.2) is 0 Å². The van der Waals surface area contributed by atoms with Crippen molar-refractivity contribution in [2.24, 2.45) is 15.8 Å². The molecule has 1 saturated carbocycles. The Kier molecular flexibility index (Phi) is 5.08. The molecule has 0 bridgehead atoms. The third kappa shape index (κ3) is 4.28. The number of aliphatic imine (C=N–C) groups is 1. The van der Waals surface area contributed by atoms with Gasteiger partial charge in [-0.05, 0) is 48.3 Å². The monoisotopic (exact) mass is 384 g/mol. The van der Waals surface area contributed by atoms with Gasteiger partial charge in [-0.1, -0.05) is 20.8 Å². The highest BCUT2D eigenvalue weighted by Gasteiger charge is 2.41. The molecule has 2 atom stereocenters. The smallest absolute Gasteiger partial charge is 0.319 e. The average Bonchev–Trinajstić information content (AvgIpc) is 2.85. The molecule has 1 aliphatic heterocycles. The van der Waals surface area contributed by atoms with Crippen molar-refractivity contribution >= 4 is 29.6 Å². The third-order valence-corrected chi connectivity index (χ3v) is 5.30. The first-order chi connectivity index (χ1) is 13.1. The van der Waals surface area contributed by atoms with Crippen LogP contribution in [-0.2, 0) is 4.79 Å². The Morgan fingerprint density at radius 1 is 1.21 bits per heavy atom. The molecule has 4 amide bonds. The molecule has 8 nitrogen and oxygen atoms in total. The lowest BCUT2D eigenvalue weighted by atomic mass is 9.62. The van der Waals surface area contributed by atoms with Crippen LogP contribution in [0.5, 0.6) is 0 Å². The zero-order valence-electron chi connectivity index (χ0n) is 16.2. The molecule has 1 heterocycles. The molecule has 1 aliphatic carbocycles. The maximum Gasteiger partial charge on any atom is 0.319 e. The largest absolute Gasteiger partial charge is 0.335 e. The van der Waals surface area contributed by atoms with Crippen LogP contribution in [-0.4, -0.2) is 36.5 Å². The van der Waals surface area contributed by atoms with Gasteiger partial charge in [0.2, 0.25) is 6.08 Å². The predicted octanol–water partition coefficient (Wildman–Crippen LogP) is 2.61. The van der Waals surface area contributed by atoms with E-state index in [-0.39, 0.29) is 28.5 Å². The second-order valence-electron chi connectivity index (χ2n) is 8.81. The number of fused-ring (bicyclic) bond motifs is 1. The second kappa shape index (κ2) is 7.20. The summed E-state index contributed by atoms with van der Waals surface area (Å²) in [6, 6.07) is 4.14. The molecule has 1 aromatic carbocycles. The molecule has 3 N–H and O–H groups in total. The van der Waals surface area contributed by atoms with Crippen LogP contribution >= 0.6 is 0 Å². The summed E-state index contributed by atoms with van der Waals surface area (Å²) in [7, 11) is 0. The van der Waals surface area contributed by atoms with E-state index in [0.29, 0.717) is 24.2 Å². The number of rotatable bonds is 4. The van der Waals surface area contributed by atoms with Crippen molar-refractivity contribution in [3.05, 3.63) is 29.3 Å². The first-order valence-electron chi connectivity index (χ1n) is 9.22. The van der Waals surface area contributed by atoms with Crippen LogP contribution in [0.25, 0.3) is 0 Å². The Morgan fingerprint density at radius 2 is 1.93 bits per heavy atom. The van der Waals surface area contributed by atoms with E-state index in [2.05, 4.69) is 41.7 Å². The minimum Gasteiger partial charge on any atom is -0.335 e. The molecule has 2 aliphatic rings. The zero-order valence-corrected chi connectivity index (χ0v) is 16.2. The first-order valence-corrected chi connectivity index (χ1v) is 9.22. The van der Waals surface area contributed by atoms with Crippen molar-refractivity contribution in [3.63, 3.8) is 0 Å². The summed E-state index contributed by atoms with van der Waals surface area (Å²) in [5.74, 6) is -0.901. The van der Waals surface area contributed by atoms with E-state index >= 15 is 0 Å². The van der Waals surface area contributed by atoms with E-state index in [9.17, 15) is 19.2 Å². The fourth-order valence-corrected chi connectivity index (χ4v) is 4.68. The van der Waals surface area contributed by atoms with E-state index in [4.69, 9.17) is 0 Å². The summed E-state index contributed by atoms with van der Waals surface area (Å²) >= 11 is 0. The third-order valence-electron chi connectivity index (χ3n) is 5.30. The molecule has 2 unspecified atom stereocenters. The quantitative estimate of drug-likeness (QED) is 0.420. The van der Waals surface area contributed by atoms with Crippen molar-refractivity contribution in [1.29, 1.82) is 0 Å². The maximum absolute atomic E-state index is 12.5. The number of nitrogens with one attached hydrogen (secondary N) is 3. The normalized spacial score (nSPS) is 25.3. The van der Waals surface area contributed by atoms with E-state index in [1.54, 1.807) is 12.1 Å². The van der Waals surface area contributed by atoms with Crippen LogP contribution < -0.4 is 16.0 Å². The van der Waals surface area contributed by atoms with Crippen LogP contribution in [0.3, 0.4) is 0 Å². The Balaban J connectivity index is 1.67. The molecular weight excluding hydrogens is 360 g/mol. The predicted molar refractivity (Wildman–Crippen MR) is 103 cm³/mol. The molecular formula is C20H24N4O4. The molecule has 1 fully saturated rings. The number of anilines is 1. The van der Waals surface area contributed by atoms with Crippen LogP contribution in [0.1, 0.15) is 60.7 Å². The molecule has 3 rings (SSSR count). The van der Waals surface area contributed by atoms with E-state index in [1.807, 2.05) is 0 Å². The SMILES string of the molecule is CC1(C)CC(NC(=O)Nc2ccc3c(c2)C(=O)NC3=O)CC(C)(CN=C=O)C1. The number of imide groups is 1. The molecule has 0 aromatic heterocycles. The Labute approximate surface area is 163 Å². The molecule has 0 saturated heterocycles. The Hall–Kier alpha value is -2.99. The van der Waals surface area contributed by atoms with Gasteiger partial charge in [0.05, 0.1) is 17.7 Å². The molecule has 28 heavy (non-hydrogen) atoms. The van der Waals surface area contributed by atoms with Gasteiger partial charge in [-0.2, -0.15) is 0 Å². The fraction of sp³-hybridized carbons (Fsp3) is 0.500. The summed E-state index contributed by atoms with van der Waals surface area (Å²) in [6.07, 6.45) is 4.02. The number of hydrogen-bond donors (Lipinski definition) is 3. The van der Waals surface area contributed by atoms with Crippen molar-refractivity contribution in [3.8, 4) is 0 Å². The number of nitrogens with zero attached hydrogens (tertiary/aromatic N) is 1. The maximum atomic E-state index is 12.5. The fourth-order valence-electron chi connectivity index (χ4n) is 4.68. The van der Waals surface area contributed by atoms with Gasteiger partial charge in [0.1, 0.15) is 0 Å². The topological polar surface area (TPSA) is 117 Å². The van der Waals surface area contributed by atoms with Gasteiger partial charge in [0, 0.05) is 11.7 Å². The minimum atomic E-state index is -0.468. The second-order valence-corrected chi connectivity index (χ2v) is 8.81. The molecule has 148 valence electrons.